The van der Waals surface area contributed by atoms with Gasteiger partial charge in [-0.1, -0.05) is 30.3 Å². The molecule has 1 saturated heterocycles. The molecular formula is C24H24N6O. The van der Waals surface area contributed by atoms with Gasteiger partial charge in [0.05, 0.1) is 18.0 Å². The summed E-state index contributed by atoms with van der Waals surface area (Å²) in [5.74, 6) is 2.39. The first kappa shape index (κ1) is 18.3. The molecule has 31 heavy (non-hydrogen) atoms. The molecule has 2 N–H and O–H groups in total. The lowest BCUT2D eigenvalue weighted by atomic mass is 10.1. The van der Waals surface area contributed by atoms with Crippen LogP contribution in [0.1, 0.15) is 29.9 Å². The number of nitrogens with one attached hydrogen (secondary N) is 1. The summed E-state index contributed by atoms with van der Waals surface area (Å²) in [5, 5.41) is 17.9. The second-order valence-corrected chi connectivity index (χ2v) is 8.43. The number of hydrogen-bond donors (Lipinski definition) is 2. The quantitative estimate of drug-likeness (QED) is 0.505. The molecule has 4 heterocycles. The van der Waals surface area contributed by atoms with E-state index in [4.69, 9.17) is 4.98 Å². The Kier molecular flexibility index (Phi) is 4.35. The molecule has 1 aliphatic carbocycles. The Hall–Kier alpha value is -3.45. The molecule has 156 valence electrons. The third-order valence-corrected chi connectivity index (χ3v) is 6.08. The predicted octanol–water partition coefficient (Wildman–Crippen LogP) is 3.46. The van der Waals surface area contributed by atoms with E-state index in [2.05, 4.69) is 44.6 Å². The lowest BCUT2D eigenvalue weighted by Crippen LogP contribution is -2.51. The van der Waals surface area contributed by atoms with E-state index in [0.29, 0.717) is 25.6 Å². The first-order chi connectivity index (χ1) is 15.2. The molecule has 0 amide bonds. The number of benzene rings is 1. The summed E-state index contributed by atoms with van der Waals surface area (Å²) >= 11 is 0. The Morgan fingerprint density at radius 1 is 1.06 bits per heavy atom. The number of aromatic nitrogens is 4. The molecule has 0 atom stereocenters. The van der Waals surface area contributed by atoms with Gasteiger partial charge < -0.3 is 15.3 Å². The van der Waals surface area contributed by atoms with E-state index in [0.717, 1.165) is 28.5 Å². The van der Waals surface area contributed by atoms with Gasteiger partial charge in [0.15, 0.2) is 5.65 Å². The van der Waals surface area contributed by atoms with E-state index < -0.39 is 0 Å². The highest BCUT2D eigenvalue weighted by Gasteiger charge is 2.30. The molecule has 1 saturated carbocycles. The number of nitrogens with zero attached hydrogens (tertiary/aromatic N) is 5. The second-order valence-electron chi connectivity index (χ2n) is 8.43. The number of fused-ring (bicyclic) bond motifs is 1. The van der Waals surface area contributed by atoms with Crippen LogP contribution in [0.2, 0.25) is 0 Å². The fourth-order valence-electron chi connectivity index (χ4n) is 4.10. The molecule has 2 aliphatic rings. The molecule has 0 bridgehead atoms. The van der Waals surface area contributed by atoms with E-state index in [9.17, 15) is 5.11 Å². The van der Waals surface area contributed by atoms with Crippen molar-refractivity contribution in [2.45, 2.75) is 31.4 Å². The van der Waals surface area contributed by atoms with Gasteiger partial charge in [-0.25, -0.2) is 4.98 Å². The predicted molar refractivity (Wildman–Crippen MR) is 120 cm³/mol. The van der Waals surface area contributed by atoms with Crippen LogP contribution in [0.15, 0.2) is 60.9 Å². The molecule has 0 spiro atoms. The SMILES string of the molecule is OC1CN(c2cc(NCc3ccc(-c4ccccn4)cc3)n3ncc(C4CC4)c3n2)C1. The van der Waals surface area contributed by atoms with Gasteiger partial charge in [0.25, 0.3) is 0 Å². The molecule has 1 aliphatic heterocycles. The molecule has 7 nitrogen and oxygen atoms in total. The van der Waals surface area contributed by atoms with Crippen molar-refractivity contribution >= 4 is 17.3 Å². The molecule has 0 unspecified atom stereocenters. The minimum absolute atomic E-state index is 0.264. The number of aliphatic hydroxyl groups excluding tert-OH is 1. The Morgan fingerprint density at radius 3 is 2.61 bits per heavy atom. The zero-order valence-electron chi connectivity index (χ0n) is 17.1. The number of β-amino-alcohol motifs (C(OH)–C–C–N with tert-alkyl or cyclic N) is 1. The van der Waals surface area contributed by atoms with E-state index >= 15 is 0 Å². The largest absolute Gasteiger partial charge is 0.389 e. The fourth-order valence-corrected chi connectivity index (χ4v) is 4.10. The topological polar surface area (TPSA) is 78.6 Å². The van der Waals surface area contributed by atoms with Gasteiger partial charge in [0, 0.05) is 43.0 Å². The maximum atomic E-state index is 9.72. The first-order valence-electron chi connectivity index (χ1n) is 10.8. The van der Waals surface area contributed by atoms with Gasteiger partial charge >= 0.3 is 0 Å². The van der Waals surface area contributed by atoms with E-state index in [-0.39, 0.29) is 6.10 Å². The van der Waals surface area contributed by atoms with Crippen LogP contribution in [-0.4, -0.2) is 43.9 Å². The lowest BCUT2D eigenvalue weighted by molar-refractivity contribution is 0.141. The van der Waals surface area contributed by atoms with Crippen molar-refractivity contribution in [3.8, 4) is 11.3 Å². The molecule has 4 aromatic rings. The summed E-state index contributed by atoms with van der Waals surface area (Å²) in [6, 6.07) is 16.4. The van der Waals surface area contributed by atoms with Crippen molar-refractivity contribution in [1.82, 2.24) is 19.6 Å². The van der Waals surface area contributed by atoms with Crippen molar-refractivity contribution in [2.75, 3.05) is 23.3 Å². The summed E-state index contributed by atoms with van der Waals surface area (Å²) in [6.07, 6.45) is 5.93. The van der Waals surface area contributed by atoms with Crippen LogP contribution in [0, 0.1) is 0 Å². The highest BCUT2D eigenvalue weighted by atomic mass is 16.3. The summed E-state index contributed by atoms with van der Waals surface area (Å²) in [4.78, 5) is 11.4. The van der Waals surface area contributed by atoms with Crippen LogP contribution in [0.4, 0.5) is 11.6 Å². The molecule has 6 rings (SSSR count). The Balaban J connectivity index is 1.26. The van der Waals surface area contributed by atoms with Crippen molar-refractivity contribution in [2.24, 2.45) is 0 Å². The highest BCUT2D eigenvalue weighted by molar-refractivity contribution is 5.63. The Bertz CT molecular complexity index is 1210. The van der Waals surface area contributed by atoms with Crippen LogP contribution < -0.4 is 10.2 Å². The molecule has 3 aromatic heterocycles. The van der Waals surface area contributed by atoms with Crippen molar-refractivity contribution in [1.29, 1.82) is 0 Å². The Morgan fingerprint density at radius 2 is 1.90 bits per heavy atom. The zero-order valence-corrected chi connectivity index (χ0v) is 17.1. The number of rotatable bonds is 6. The first-order valence-corrected chi connectivity index (χ1v) is 10.8. The lowest BCUT2D eigenvalue weighted by Gasteiger charge is -2.37. The van der Waals surface area contributed by atoms with Crippen molar-refractivity contribution in [3.63, 3.8) is 0 Å². The smallest absolute Gasteiger partial charge is 0.163 e. The third kappa shape index (κ3) is 3.51. The van der Waals surface area contributed by atoms with Crippen molar-refractivity contribution < 1.29 is 5.11 Å². The Labute approximate surface area is 180 Å². The number of pyridine rings is 1. The van der Waals surface area contributed by atoms with Gasteiger partial charge in [-0.3, -0.25) is 4.98 Å². The highest BCUT2D eigenvalue weighted by Crippen LogP contribution is 2.42. The summed E-state index contributed by atoms with van der Waals surface area (Å²) in [5.41, 5.74) is 5.42. The molecule has 0 radical (unpaired) electrons. The fraction of sp³-hybridized carbons (Fsp3) is 0.292. The van der Waals surface area contributed by atoms with Gasteiger partial charge in [-0.15, -0.1) is 0 Å². The normalized spacial score (nSPS) is 16.5. The molecule has 7 heteroatoms. The monoisotopic (exact) mass is 412 g/mol. The van der Waals surface area contributed by atoms with Crippen LogP contribution in [-0.2, 0) is 6.54 Å². The summed E-state index contributed by atoms with van der Waals surface area (Å²) in [6.45, 7) is 1.94. The van der Waals surface area contributed by atoms with Gasteiger partial charge in [-0.05, 0) is 36.5 Å². The maximum Gasteiger partial charge on any atom is 0.163 e. The molecular weight excluding hydrogens is 388 g/mol. The summed E-state index contributed by atoms with van der Waals surface area (Å²) in [7, 11) is 0. The van der Waals surface area contributed by atoms with Gasteiger partial charge in [-0.2, -0.15) is 9.61 Å². The molecule has 1 aromatic carbocycles. The zero-order chi connectivity index (χ0) is 20.8. The van der Waals surface area contributed by atoms with E-state index in [1.807, 2.05) is 41.2 Å². The third-order valence-electron chi connectivity index (χ3n) is 6.08. The van der Waals surface area contributed by atoms with Crippen LogP contribution >= 0.6 is 0 Å². The van der Waals surface area contributed by atoms with Gasteiger partial charge in [0.1, 0.15) is 11.6 Å². The minimum Gasteiger partial charge on any atom is -0.389 e. The number of anilines is 2. The minimum atomic E-state index is -0.264. The number of aliphatic hydroxyl groups is 1. The maximum absolute atomic E-state index is 9.72. The van der Waals surface area contributed by atoms with Crippen LogP contribution in [0.25, 0.3) is 16.9 Å². The average Bonchev–Trinajstić information content (AvgIpc) is 3.55. The second kappa shape index (κ2) is 7.35. The standard InChI is InChI=1S/C24H24N6O/c31-19-14-29(15-19)23-11-22(30-24(28-23)20(13-27-30)17-8-9-17)26-12-16-4-6-18(7-5-16)21-3-1-2-10-25-21/h1-7,10-11,13,17,19,26,31H,8-9,12,14-15H2. The average molecular weight is 412 g/mol. The van der Waals surface area contributed by atoms with Crippen LogP contribution in [0.3, 0.4) is 0 Å². The van der Waals surface area contributed by atoms with Gasteiger partial charge in [0.2, 0.25) is 0 Å². The molecule has 2 fully saturated rings. The number of hydrogen-bond acceptors (Lipinski definition) is 6. The van der Waals surface area contributed by atoms with Crippen molar-refractivity contribution in [3.05, 3.63) is 72.1 Å². The summed E-state index contributed by atoms with van der Waals surface area (Å²) < 4.78 is 1.91. The van der Waals surface area contributed by atoms with E-state index in [1.54, 1.807) is 0 Å². The van der Waals surface area contributed by atoms with E-state index in [1.165, 1.54) is 24.0 Å². The van der Waals surface area contributed by atoms with Crippen LogP contribution in [0.5, 0.6) is 0 Å².